The number of ether oxygens (including phenoxy) is 1. The fourth-order valence-corrected chi connectivity index (χ4v) is 2.64. The average molecular weight is 373 g/mol. The molecule has 7 heteroatoms. The van der Waals surface area contributed by atoms with E-state index in [0.717, 1.165) is 16.9 Å². The number of aryl methyl sites for hydroxylation is 1. The van der Waals surface area contributed by atoms with Crippen LogP contribution in [0.3, 0.4) is 0 Å². The van der Waals surface area contributed by atoms with Crippen molar-refractivity contribution < 1.29 is 9.13 Å². The lowest BCUT2D eigenvalue weighted by Crippen LogP contribution is -2.06. The van der Waals surface area contributed by atoms with Crippen LogP contribution in [0.5, 0.6) is 5.75 Å². The normalized spacial score (nSPS) is 10.5. The maximum atomic E-state index is 13.0. The molecule has 1 aromatic heterocycles. The Kier molecular flexibility index (Phi) is 5.53. The van der Waals surface area contributed by atoms with E-state index in [1.165, 1.54) is 12.1 Å². The predicted molar refractivity (Wildman–Crippen MR) is 102 cm³/mol. The number of anilines is 3. The maximum Gasteiger partial charge on any atom is 0.225 e. The molecule has 0 amide bonds. The molecule has 0 saturated carbocycles. The summed E-state index contributed by atoms with van der Waals surface area (Å²) in [6.45, 7) is 2.38. The average Bonchev–Trinajstić information content (AvgIpc) is 2.61. The smallest absolute Gasteiger partial charge is 0.225 e. The monoisotopic (exact) mass is 372 g/mol. The van der Waals surface area contributed by atoms with E-state index < -0.39 is 0 Å². The first kappa shape index (κ1) is 17.9. The number of hydrogen-bond donors (Lipinski definition) is 2. The van der Waals surface area contributed by atoms with Gasteiger partial charge in [-0.1, -0.05) is 23.7 Å². The second-order valence-electron chi connectivity index (χ2n) is 5.67. The molecule has 5 nitrogen and oxygen atoms in total. The SMILES string of the molecule is COc1ccc(Nc2cc(C)nc(NCc3ccc(F)cc3)n2)cc1Cl. The van der Waals surface area contributed by atoms with E-state index in [4.69, 9.17) is 16.3 Å². The number of rotatable bonds is 6. The Hall–Kier alpha value is -2.86. The summed E-state index contributed by atoms with van der Waals surface area (Å²) in [6.07, 6.45) is 0. The first-order chi connectivity index (χ1) is 12.5. The van der Waals surface area contributed by atoms with Gasteiger partial charge in [-0.15, -0.1) is 0 Å². The highest BCUT2D eigenvalue weighted by molar-refractivity contribution is 6.32. The molecule has 0 aliphatic carbocycles. The van der Waals surface area contributed by atoms with Gasteiger partial charge in [-0.2, -0.15) is 4.98 Å². The number of aromatic nitrogens is 2. The zero-order valence-corrected chi connectivity index (χ0v) is 15.1. The molecule has 1 heterocycles. The molecule has 0 aliphatic heterocycles. The van der Waals surface area contributed by atoms with Crippen molar-refractivity contribution in [3.63, 3.8) is 0 Å². The molecule has 3 rings (SSSR count). The molecule has 26 heavy (non-hydrogen) atoms. The van der Waals surface area contributed by atoms with Crippen LogP contribution in [0.1, 0.15) is 11.3 Å². The van der Waals surface area contributed by atoms with E-state index in [1.807, 2.05) is 19.1 Å². The van der Waals surface area contributed by atoms with Crippen LogP contribution >= 0.6 is 11.6 Å². The molecule has 0 unspecified atom stereocenters. The van der Waals surface area contributed by atoms with Gasteiger partial charge in [0.15, 0.2) is 0 Å². The van der Waals surface area contributed by atoms with Gasteiger partial charge in [-0.05, 0) is 42.8 Å². The van der Waals surface area contributed by atoms with E-state index >= 15 is 0 Å². The Morgan fingerprint density at radius 2 is 1.85 bits per heavy atom. The summed E-state index contributed by atoms with van der Waals surface area (Å²) < 4.78 is 18.1. The third kappa shape index (κ3) is 4.61. The van der Waals surface area contributed by atoms with Gasteiger partial charge in [0, 0.05) is 24.0 Å². The molecule has 0 spiro atoms. The van der Waals surface area contributed by atoms with Gasteiger partial charge < -0.3 is 15.4 Å². The molecule has 3 aromatic rings. The molecule has 2 aromatic carbocycles. The lowest BCUT2D eigenvalue weighted by molar-refractivity contribution is 0.415. The summed E-state index contributed by atoms with van der Waals surface area (Å²) in [4.78, 5) is 8.82. The van der Waals surface area contributed by atoms with Crippen molar-refractivity contribution >= 4 is 29.1 Å². The van der Waals surface area contributed by atoms with E-state index in [9.17, 15) is 4.39 Å². The van der Waals surface area contributed by atoms with Crippen LogP contribution in [0, 0.1) is 12.7 Å². The molecule has 0 atom stereocenters. The van der Waals surface area contributed by atoms with Crippen LogP contribution in [-0.4, -0.2) is 17.1 Å². The van der Waals surface area contributed by atoms with Crippen molar-refractivity contribution in [3.8, 4) is 5.75 Å². The minimum absolute atomic E-state index is 0.259. The van der Waals surface area contributed by atoms with E-state index in [1.54, 1.807) is 31.4 Å². The summed E-state index contributed by atoms with van der Waals surface area (Å²) in [7, 11) is 1.57. The number of nitrogens with zero attached hydrogens (tertiary/aromatic N) is 2. The highest BCUT2D eigenvalue weighted by atomic mass is 35.5. The molecule has 0 saturated heterocycles. The number of methoxy groups -OCH3 is 1. The number of nitrogens with one attached hydrogen (secondary N) is 2. The molecule has 2 N–H and O–H groups in total. The van der Waals surface area contributed by atoms with Crippen LogP contribution in [0.15, 0.2) is 48.5 Å². The molecule has 0 aliphatic rings. The standard InChI is InChI=1S/C19H18ClFN4O/c1-12-9-18(24-15-7-8-17(26-2)16(20)10-15)25-19(23-12)22-11-13-3-5-14(21)6-4-13/h3-10H,11H2,1-2H3,(H2,22,23,24,25). The Morgan fingerprint density at radius 3 is 2.54 bits per heavy atom. The predicted octanol–water partition coefficient (Wildman–Crippen LogP) is 4.94. The minimum Gasteiger partial charge on any atom is -0.495 e. The van der Waals surface area contributed by atoms with Crippen LogP contribution in [0.25, 0.3) is 0 Å². The number of benzene rings is 2. The Bertz CT molecular complexity index is 903. The maximum absolute atomic E-state index is 13.0. The molecule has 134 valence electrons. The van der Waals surface area contributed by atoms with Crippen LogP contribution in [0.2, 0.25) is 5.02 Å². The van der Waals surface area contributed by atoms with E-state index in [2.05, 4.69) is 20.6 Å². The van der Waals surface area contributed by atoms with Crippen LogP contribution < -0.4 is 15.4 Å². The van der Waals surface area contributed by atoms with Crippen molar-refractivity contribution in [2.24, 2.45) is 0 Å². The second kappa shape index (κ2) is 8.01. The van der Waals surface area contributed by atoms with Crippen molar-refractivity contribution in [3.05, 3.63) is 70.6 Å². The van der Waals surface area contributed by atoms with Crippen molar-refractivity contribution in [2.75, 3.05) is 17.7 Å². The van der Waals surface area contributed by atoms with Crippen molar-refractivity contribution in [2.45, 2.75) is 13.5 Å². The van der Waals surface area contributed by atoms with Crippen LogP contribution in [-0.2, 0) is 6.54 Å². The summed E-state index contributed by atoms with van der Waals surface area (Å²) in [5.41, 5.74) is 2.54. The van der Waals surface area contributed by atoms with Gasteiger partial charge >= 0.3 is 0 Å². The topological polar surface area (TPSA) is 59.1 Å². The summed E-state index contributed by atoms with van der Waals surface area (Å²) in [5.74, 6) is 1.47. The van der Waals surface area contributed by atoms with Gasteiger partial charge in [0.05, 0.1) is 12.1 Å². The van der Waals surface area contributed by atoms with Gasteiger partial charge in [-0.3, -0.25) is 0 Å². The van der Waals surface area contributed by atoms with Gasteiger partial charge in [-0.25, -0.2) is 9.37 Å². The van der Waals surface area contributed by atoms with E-state index in [-0.39, 0.29) is 5.82 Å². The zero-order valence-electron chi connectivity index (χ0n) is 14.4. The van der Waals surface area contributed by atoms with Gasteiger partial charge in [0.1, 0.15) is 17.4 Å². The van der Waals surface area contributed by atoms with Crippen molar-refractivity contribution in [1.82, 2.24) is 9.97 Å². The first-order valence-corrected chi connectivity index (χ1v) is 8.36. The Balaban J connectivity index is 1.72. The lowest BCUT2D eigenvalue weighted by atomic mass is 10.2. The Labute approximate surface area is 156 Å². The molecule has 0 radical (unpaired) electrons. The molecule has 0 fully saturated rings. The number of halogens is 2. The van der Waals surface area contributed by atoms with Gasteiger partial charge in [0.25, 0.3) is 0 Å². The van der Waals surface area contributed by atoms with Gasteiger partial charge in [0.2, 0.25) is 5.95 Å². The summed E-state index contributed by atoms with van der Waals surface area (Å²) >= 11 is 6.15. The quantitative estimate of drug-likeness (QED) is 0.641. The Morgan fingerprint density at radius 1 is 1.08 bits per heavy atom. The lowest BCUT2D eigenvalue weighted by Gasteiger charge is -2.11. The van der Waals surface area contributed by atoms with Crippen LogP contribution in [0.4, 0.5) is 21.8 Å². The largest absolute Gasteiger partial charge is 0.495 e. The molecule has 0 bridgehead atoms. The molecular formula is C19H18ClFN4O. The highest BCUT2D eigenvalue weighted by Gasteiger charge is 2.06. The molecular weight excluding hydrogens is 355 g/mol. The minimum atomic E-state index is -0.259. The third-order valence-electron chi connectivity index (χ3n) is 3.64. The van der Waals surface area contributed by atoms with Crippen molar-refractivity contribution in [1.29, 1.82) is 0 Å². The fourth-order valence-electron chi connectivity index (χ4n) is 2.39. The highest BCUT2D eigenvalue weighted by Crippen LogP contribution is 2.28. The fraction of sp³-hybridized carbons (Fsp3) is 0.158. The summed E-state index contributed by atoms with van der Waals surface area (Å²) in [5, 5.41) is 6.86. The third-order valence-corrected chi connectivity index (χ3v) is 3.94. The first-order valence-electron chi connectivity index (χ1n) is 7.98. The second-order valence-corrected chi connectivity index (χ2v) is 6.08. The number of hydrogen-bond acceptors (Lipinski definition) is 5. The van der Waals surface area contributed by atoms with E-state index in [0.29, 0.717) is 29.1 Å². The zero-order chi connectivity index (χ0) is 18.5. The summed E-state index contributed by atoms with van der Waals surface area (Å²) in [6, 6.07) is 13.5.